The molecule has 0 saturated carbocycles. The van der Waals surface area contributed by atoms with Gasteiger partial charge in [-0.05, 0) is 24.3 Å². The van der Waals surface area contributed by atoms with Crippen LogP contribution in [0.1, 0.15) is 5.69 Å². The molecule has 0 radical (unpaired) electrons. The minimum Gasteiger partial charge on any atom is -0.368 e. The van der Waals surface area contributed by atoms with E-state index >= 15 is 0 Å². The molecule has 0 amide bonds. The molecule has 4 heteroatoms. The minimum atomic E-state index is 0.901. The standard InChI is InChI=1S/C16H18N4/c1-2-7-16(8-3-1)19-10-12-20(13-11-19)18-14-15-6-4-5-9-17-15/h1-9,14H,10-13H2/b18-14-. The van der Waals surface area contributed by atoms with Crippen molar-refractivity contribution in [1.29, 1.82) is 0 Å². The van der Waals surface area contributed by atoms with Gasteiger partial charge in [0.15, 0.2) is 0 Å². The molecule has 0 aliphatic carbocycles. The lowest BCUT2D eigenvalue weighted by Gasteiger charge is -2.34. The Morgan fingerprint density at radius 1 is 0.900 bits per heavy atom. The first-order valence-electron chi connectivity index (χ1n) is 6.92. The number of aromatic nitrogens is 1. The number of hydrogen-bond acceptors (Lipinski definition) is 4. The molecule has 1 aromatic carbocycles. The van der Waals surface area contributed by atoms with Gasteiger partial charge in [-0.3, -0.25) is 9.99 Å². The monoisotopic (exact) mass is 266 g/mol. The first kappa shape index (κ1) is 12.7. The lowest BCUT2D eigenvalue weighted by atomic mass is 10.2. The molecule has 0 spiro atoms. The lowest BCUT2D eigenvalue weighted by molar-refractivity contribution is 0.272. The Morgan fingerprint density at radius 3 is 2.35 bits per heavy atom. The van der Waals surface area contributed by atoms with Crippen molar-refractivity contribution in [3.8, 4) is 0 Å². The number of benzene rings is 1. The molecule has 4 nitrogen and oxygen atoms in total. The van der Waals surface area contributed by atoms with Gasteiger partial charge in [-0.1, -0.05) is 24.3 Å². The number of para-hydroxylation sites is 1. The first-order valence-corrected chi connectivity index (χ1v) is 6.92. The van der Waals surface area contributed by atoms with Crippen LogP contribution in [-0.4, -0.2) is 42.4 Å². The van der Waals surface area contributed by atoms with Crippen LogP contribution in [0.15, 0.2) is 59.8 Å². The summed E-state index contributed by atoms with van der Waals surface area (Å²) >= 11 is 0. The van der Waals surface area contributed by atoms with E-state index in [2.05, 4.69) is 50.3 Å². The van der Waals surface area contributed by atoms with Crippen LogP contribution in [0.3, 0.4) is 0 Å². The fourth-order valence-corrected chi connectivity index (χ4v) is 2.30. The number of nitrogens with zero attached hydrogens (tertiary/aromatic N) is 4. The van der Waals surface area contributed by atoms with Gasteiger partial charge in [-0.25, -0.2) is 0 Å². The zero-order valence-electron chi connectivity index (χ0n) is 11.4. The van der Waals surface area contributed by atoms with Crippen molar-refractivity contribution >= 4 is 11.9 Å². The van der Waals surface area contributed by atoms with E-state index in [0.29, 0.717) is 0 Å². The summed E-state index contributed by atoms with van der Waals surface area (Å²) in [6.45, 7) is 3.89. The number of hydrazone groups is 1. The number of pyridine rings is 1. The third-order valence-corrected chi connectivity index (χ3v) is 3.42. The van der Waals surface area contributed by atoms with E-state index in [4.69, 9.17) is 0 Å². The quantitative estimate of drug-likeness (QED) is 0.799. The Bertz CT molecular complexity index is 545. The Morgan fingerprint density at radius 2 is 1.65 bits per heavy atom. The summed E-state index contributed by atoms with van der Waals surface area (Å²) < 4.78 is 0. The van der Waals surface area contributed by atoms with Gasteiger partial charge < -0.3 is 4.90 Å². The molecule has 2 aromatic rings. The van der Waals surface area contributed by atoms with E-state index in [9.17, 15) is 0 Å². The second-order valence-corrected chi connectivity index (χ2v) is 4.78. The van der Waals surface area contributed by atoms with Crippen LogP contribution >= 0.6 is 0 Å². The number of rotatable bonds is 3. The summed E-state index contributed by atoms with van der Waals surface area (Å²) in [6.07, 6.45) is 3.62. The van der Waals surface area contributed by atoms with Crippen LogP contribution < -0.4 is 4.90 Å². The van der Waals surface area contributed by atoms with Gasteiger partial charge >= 0.3 is 0 Å². The predicted octanol–water partition coefficient (Wildman–Crippen LogP) is 2.24. The molecule has 1 aromatic heterocycles. The molecular weight excluding hydrogens is 248 g/mol. The second-order valence-electron chi connectivity index (χ2n) is 4.78. The fraction of sp³-hybridized carbons (Fsp3) is 0.250. The van der Waals surface area contributed by atoms with Crippen LogP contribution in [0.5, 0.6) is 0 Å². The minimum absolute atomic E-state index is 0.901. The molecule has 1 saturated heterocycles. The highest BCUT2D eigenvalue weighted by atomic mass is 15.5. The topological polar surface area (TPSA) is 31.7 Å². The van der Waals surface area contributed by atoms with E-state index in [0.717, 1.165) is 31.9 Å². The van der Waals surface area contributed by atoms with Crippen LogP contribution in [0.2, 0.25) is 0 Å². The smallest absolute Gasteiger partial charge is 0.0830 e. The normalized spacial score (nSPS) is 15.8. The molecule has 1 aliphatic heterocycles. The van der Waals surface area contributed by atoms with E-state index in [-0.39, 0.29) is 0 Å². The molecule has 2 heterocycles. The zero-order valence-corrected chi connectivity index (χ0v) is 11.4. The SMILES string of the molecule is C(=N/N1CCN(c2ccccc2)CC1)/c1ccccn1. The van der Waals surface area contributed by atoms with Crippen molar-refractivity contribution in [1.82, 2.24) is 9.99 Å². The van der Waals surface area contributed by atoms with Gasteiger partial charge in [-0.15, -0.1) is 0 Å². The van der Waals surface area contributed by atoms with E-state index < -0.39 is 0 Å². The van der Waals surface area contributed by atoms with E-state index in [1.165, 1.54) is 5.69 Å². The van der Waals surface area contributed by atoms with Crippen molar-refractivity contribution in [2.75, 3.05) is 31.1 Å². The van der Waals surface area contributed by atoms with Crippen molar-refractivity contribution in [2.24, 2.45) is 5.10 Å². The summed E-state index contributed by atoms with van der Waals surface area (Å²) in [5, 5.41) is 6.61. The maximum atomic E-state index is 4.50. The van der Waals surface area contributed by atoms with Crippen LogP contribution in [0.25, 0.3) is 0 Å². The van der Waals surface area contributed by atoms with Gasteiger partial charge in [0.05, 0.1) is 25.0 Å². The van der Waals surface area contributed by atoms with Crippen LogP contribution in [0.4, 0.5) is 5.69 Å². The van der Waals surface area contributed by atoms with Crippen LogP contribution in [-0.2, 0) is 0 Å². The average Bonchev–Trinajstić information content (AvgIpc) is 2.55. The molecule has 3 rings (SSSR count). The summed E-state index contributed by atoms with van der Waals surface area (Å²) in [7, 11) is 0. The Labute approximate surface area is 119 Å². The molecule has 0 N–H and O–H groups in total. The summed E-state index contributed by atoms with van der Waals surface area (Å²) in [5.74, 6) is 0. The van der Waals surface area contributed by atoms with E-state index in [1.807, 2.05) is 24.4 Å². The number of anilines is 1. The molecule has 0 atom stereocenters. The highest BCUT2D eigenvalue weighted by Gasteiger charge is 2.15. The predicted molar refractivity (Wildman–Crippen MR) is 82.1 cm³/mol. The Hall–Kier alpha value is -2.36. The molecule has 1 aliphatic rings. The van der Waals surface area contributed by atoms with Gasteiger partial charge in [0.2, 0.25) is 0 Å². The maximum absolute atomic E-state index is 4.50. The molecule has 0 bridgehead atoms. The summed E-state index contributed by atoms with van der Waals surface area (Å²) in [5.41, 5.74) is 2.19. The van der Waals surface area contributed by atoms with Gasteiger partial charge in [0.1, 0.15) is 0 Å². The molecular formula is C16H18N4. The second kappa shape index (κ2) is 6.19. The largest absolute Gasteiger partial charge is 0.368 e. The van der Waals surface area contributed by atoms with Gasteiger partial charge in [-0.2, -0.15) is 5.10 Å². The zero-order chi connectivity index (χ0) is 13.6. The highest BCUT2D eigenvalue weighted by Crippen LogP contribution is 2.15. The van der Waals surface area contributed by atoms with Gasteiger partial charge in [0, 0.05) is 25.0 Å². The van der Waals surface area contributed by atoms with E-state index in [1.54, 1.807) is 6.20 Å². The van der Waals surface area contributed by atoms with Crippen molar-refractivity contribution < 1.29 is 0 Å². The Kier molecular flexibility index (Phi) is 3.92. The first-order chi connectivity index (χ1) is 9.92. The summed E-state index contributed by atoms with van der Waals surface area (Å²) in [4.78, 5) is 6.63. The maximum Gasteiger partial charge on any atom is 0.0830 e. The average molecular weight is 266 g/mol. The molecule has 0 unspecified atom stereocenters. The van der Waals surface area contributed by atoms with Gasteiger partial charge in [0.25, 0.3) is 0 Å². The molecule has 20 heavy (non-hydrogen) atoms. The third kappa shape index (κ3) is 3.15. The molecule has 1 fully saturated rings. The van der Waals surface area contributed by atoms with Crippen molar-refractivity contribution in [3.63, 3.8) is 0 Å². The third-order valence-electron chi connectivity index (χ3n) is 3.42. The van der Waals surface area contributed by atoms with Crippen molar-refractivity contribution in [2.45, 2.75) is 0 Å². The summed E-state index contributed by atoms with van der Waals surface area (Å²) in [6, 6.07) is 16.4. The lowest BCUT2D eigenvalue weighted by Crippen LogP contribution is -2.44. The van der Waals surface area contributed by atoms with Crippen molar-refractivity contribution in [3.05, 3.63) is 60.4 Å². The van der Waals surface area contributed by atoms with Crippen LogP contribution in [0, 0.1) is 0 Å². The highest BCUT2D eigenvalue weighted by molar-refractivity contribution is 5.76. The molecule has 102 valence electrons. The number of hydrogen-bond donors (Lipinski definition) is 0. The Balaban J connectivity index is 1.55. The fourth-order valence-electron chi connectivity index (χ4n) is 2.30. The number of piperazine rings is 1.